The molecule has 1 heterocycles. The average molecular weight is 447 g/mol. The molecule has 0 aliphatic heterocycles. The van der Waals surface area contributed by atoms with E-state index in [1.165, 1.54) is 0 Å². The fraction of sp³-hybridized carbons (Fsp3) is 0.500. The molecule has 0 bridgehead atoms. The van der Waals surface area contributed by atoms with Gasteiger partial charge in [0, 0.05) is 18.4 Å². The van der Waals surface area contributed by atoms with Crippen LogP contribution in [-0.2, 0) is 22.4 Å². The zero-order valence-corrected chi connectivity index (χ0v) is 19.6. The van der Waals surface area contributed by atoms with Crippen molar-refractivity contribution in [2.45, 2.75) is 78.2 Å². The Labute approximate surface area is 189 Å². The lowest BCUT2D eigenvalue weighted by molar-refractivity contribution is -0.138. The van der Waals surface area contributed by atoms with Gasteiger partial charge in [0.1, 0.15) is 16.6 Å². The lowest BCUT2D eigenvalue weighted by atomic mass is 9.93. The Kier molecular flexibility index (Phi) is 8.57. The predicted octanol–water partition coefficient (Wildman–Crippen LogP) is 5.60. The number of hydrogen-bond donors (Lipinski definition) is 1. The molecule has 0 spiro atoms. The molecular formula is C24H31ClN2O4. The van der Waals surface area contributed by atoms with Crippen molar-refractivity contribution in [2.75, 3.05) is 0 Å². The maximum Gasteiger partial charge on any atom is 0.338 e. The van der Waals surface area contributed by atoms with Gasteiger partial charge in [0.15, 0.2) is 0 Å². The smallest absolute Gasteiger partial charge is 0.338 e. The number of carbonyl (C=O) groups is 2. The molecule has 0 radical (unpaired) electrons. The number of halogens is 1. The van der Waals surface area contributed by atoms with Gasteiger partial charge in [0.25, 0.3) is 0 Å². The first kappa shape index (κ1) is 24.8. The summed E-state index contributed by atoms with van der Waals surface area (Å²) in [6.45, 7) is 9.35. The Balaban J connectivity index is 2.38. The summed E-state index contributed by atoms with van der Waals surface area (Å²) in [6, 6.07) is 7.07. The number of rotatable bonds is 9. The highest BCUT2D eigenvalue weighted by atomic mass is 35.5. The summed E-state index contributed by atoms with van der Waals surface area (Å²) in [4.78, 5) is 33.1. The lowest BCUT2D eigenvalue weighted by Gasteiger charge is -2.19. The zero-order valence-electron chi connectivity index (χ0n) is 18.9. The first-order valence-corrected chi connectivity index (χ1v) is 11.0. The van der Waals surface area contributed by atoms with Gasteiger partial charge < -0.3 is 9.84 Å². The van der Waals surface area contributed by atoms with Gasteiger partial charge in [-0.15, -0.1) is 0 Å². The van der Waals surface area contributed by atoms with Crippen LogP contribution in [0.5, 0.6) is 0 Å². The number of aromatic nitrogens is 2. The van der Waals surface area contributed by atoms with E-state index in [0.717, 1.165) is 18.4 Å². The van der Waals surface area contributed by atoms with E-state index in [-0.39, 0.29) is 11.1 Å². The molecule has 0 fully saturated rings. The summed E-state index contributed by atoms with van der Waals surface area (Å²) < 4.78 is 5.40. The Morgan fingerprint density at radius 1 is 1.13 bits per heavy atom. The third-order valence-corrected chi connectivity index (χ3v) is 5.08. The van der Waals surface area contributed by atoms with E-state index < -0.39 is 17.5 Å². The number of ether oxygens (including phenoxy) is 1. The second-order valence-corrected chi connectivity index (χ2v) is 8.93. The van der Waals surface area contributed by atoms with Crippen molar-refractivity contribution < 1.29 is 19.4 Å². The highest BCUT2D eigenvalue weighted by Crippen LogP contribution is 2.30. The van der Waals surface area contributed by atoms with Crippen molar-refractivity contribution in [3.63, 3.8) is 0 Å². The number of benzene rings is 1. The molecule has 31 heavy (non-hydrogen) atoms. The van der Waals surface area contributed by atoms with Crippen LogP contribution >= 0.6 is 11.6 Å². The monoisotopic (exact) mass is 446 g/mol. The van der Waals surface area contributed by atoms with Gasteiger partial charge in [-0.2, -0.15) is 0 Å². The van der Waals surface area contributed by atoms with E-state index in [1.807, 2.05) is 32.9 Å². The fourth-order valence-electron chi connectivity index (χ4n) is 3.25. The van der Waals surface area contributed by atoms with Crippen LogP contribution in [0.25, 0.3) is 0 Å². The third-order valence-electron chi connectivity index (χ3n) is 4.79. The minimum atomic E-state index is -0.948. The number of carbonyl (C=O) groups excluding carboxylic acids is 1. The van der Waals surface area contributed by atoms with Crippen molar-refractivity contribution in [1.29, 1.82) is 0 Å². The van der Waals surface area contributed by atoms with Crippen molar-refractivity contribution in [3.05, 3.63) is 57.6 Å². The quantitative estimate of drug-likeness (QED) is 0.398. The molecule has 0 saturated heterocycles. The van der Waals surface area contributed by atoms with Crippen molar-refractivity contribution in [2.24, 2.45) is 0 Å². The number of carboxylic acids is 1. The molecule has 6 nitrogen and oxygen atoms in total. The number of aryl methyl sites for hydroxylation is 1. The second kappa shape index (κ2) is 10.7. The van der Waals surface area contributed by atoms with Crippen LogP contribution in [0.4, 0.5) is 0 Å². The Morgan fingerprint density at radius 2 is 1.77 bits per heavy atom. The number of aliphatic carboxylic acids is 1. The molecule has 0 saturated carbocycles. The Bertz CT molecular complexity index is 920. The zero-order chi connectivity index (χ0) is 23.2. The second-order valence-electron chi connectivity index (χ2n) is 8.57. The molecule has 1 aromatic carbocycles. The van der Waals surface area contributed by atoms with Crippen LogP contribution in [0.1, 0.15) is 92.8 Å². The molecule has 2 rings (SSSR count). The van der Waals surface area contributed by atoms with Crippen LogP contribution in [0.3, 0.4) is 0 Å². The van der Waals surface area contributed by atoms with Gasteiger partial charge in [-0.25, -0.2) is 14.8 Å². The lowest BCUT2D eigenvalue weighted by Crippen LogP contribution is -2.23. The fourth-order valence-corrected chi connectivity index (χ4v) is 3.59. The first-order chi connectivity index (χ1) is 14.6. The largest absolute Gasteiger partial charge is 0.481 e. The number of hydrogen-bond acceptors (Lipinski definition) is 5. The van der Waals surface area contributed by atoms with E-state index >= 15 is 0 Å². The SMILES string of the molecule is CCCCc1nc(Cl)c(C(CC)C(=O)O)c(Cc2ccc(C(=O)OC(C)(C)C)cc2)n1. The summed E-state index contributed by atoms with van der Waals surface area (Å²) in [5.41, 5.74) is 1.87. The normalized spacial score (nSPS) is 12.5. The van der Waals surface area contributed by atoms with E-state index in [2.05, 4.69) is 16.9 Å². The maximum atomic E-state index is 12.3. The van der Waals surface area contributed by atoms with Crippen LogP contribution in [0.15, 0.2) is 24.3 Å². The molecule has 1 N–H and O–H groups in total. The van der Waals surface area contributed by atoms with Gasteiger partial charge in [-0.1, -0.05) is 44.0 Å². The number of esters is 1. The summed E-state index contributed by atoms with van der Waals surface area (Å²) in [6.07, 6.45) is 3.39. The van der Waals surface area contributed by atoms with Crippen molar-refractivity contribution >= 4 is 23.5 Å². The summed E-state index contributed by atoms with van der Waals surface area (Å²) in [7, 11) is 0. The highest BCUT2D eigenvalue weighted by Gasteiger charge is 2.26. The molecule has 1 unspecified atom stereocenters. The molecule has 2 aromatic rings. The molecule has 1 atom stereocenters. The van der Waals surface area contributed by atoms with Gasteiger partial charge >= 0.3 is 11.9 Å². The molecule has 168 valence electrons. The van der Waals surface area contributed by atoms with Gasteiger partial charge in [0.05, 0.1) is 17.2 Å². The minimum absolute atomic E-state index is 0.204. The minimum Gasteiger partial charge on any atom is -0.481 e. The van der Waals surface area contributed by atoms with E-state index in [4.69, 9.17) is 16.3 Å². The number of nitrogens with zero attached hydrogens (tertiary/aromatic N) is 2. The summed E-state index contributed by atoms with van der Waals surface area (Å²) >= 11 is 6.45. The van der Waals surface area contributed by atoms with E-state index in [1.54, 1.807) is 19.1 Å². The topological polar surface area (TPSA) is 89.4 Å². The summed E-state index contributed by atoms with van der Waals surface area (Å²) in [5.74, 6) is -1.49. The van der Waals surface area contributed by atoms with Gasteiger partial charge in [0.2, 0.25) is 0 Å². The highest BCUT2D eigenvalue weighted by molar-refractivity contribution is 6.30. The Morgan fingerprint density at radius 3 is 2.29 bits per heavy atom. The van der Waals surface area contributed by atoms with Crippen LogP contribution < -0.4 is 0 Å². The molecule has 1 aromatic heterocycles. The predicted molar refractivity (Wildman–Crippen MR) is 121 cm³/mol. The standard InChI is InChI=1S/C24H31ClN2O4/c1-6-8-9-19-26-18(20(21(25)27-19)17(7-2)22(28)29)14-15-10-12-16(13-11-15)23(30)31-24(3,4)5/h10-13,17H,6-9,14H2,1-5H3,(H,28,29). The molecule has 0 amide bonds. The van der Waals surface area contributed by atoms with Crippen LogP contribution in [-0.4, -0.2) is 32.6 Å². The van der Waals surface area contributed by atoms with Gasteiger partial charge in [-0.05, 0) is 51.3 Å². The van der Waals surface area contributed by atoms with E-state index in [9.17, 15) is 14.7 Å². The molecular weight excluding hydrogens is 416 g/mol. The van der Waals surface area contributed by atoms with Crippen LogP contribution in [0.2, 0.25) is 5.15 Å². The third kappa shape index (κ3) is 7.03. The van der Waals surface area contributed by atoms with Crippen molar-refractivity contribution in [1.82, 2.24) is 9.97 Å². The van der Waals surface area contributed by atoms with Crippen molar-refractivity contribution in [3.8, 4) is 0 Å². The van der Waals surface area contributed by atoms with Gasteiger partial charge in [-0.3, -0.25) is 4.79 Å². The molecule has 0 aliphatic rings. The summed E-state index contributed by atoms with van der Waals surface area (Å²) in [5, 5.41) is 9.88. The average Bonchev–Trinajstić information content (AvgIpc) is 2.67. The van der Waals surface area contributed by atoms with E-state index in [0.29, 0.717) is 41.9 Å². The Hall–Kier alpha value is -2.47. The molecule has 7 heteroatoms. The maximum absolute atomic E-state index is 12.3. The molecule has 0 aliphatic carbocycles. The van der Waals surface area contributed by atoms with Crippen LogP contribution in [0, 0.1) is 0 Å². The number of carboxylic acid groups (broad SMARTS) is 1. The first-order valence-electron chi connectivity index (χ1n) is 10.7. The number of unbranched alkanes of at least 4 members (excludes halogenated alkanes) is 1.